The van der Waals surface area contributed by atoms with Crippen LogP contribution in [-0.4, -0.2) is 40.8 Å². The molecule has 0 unspecified atom stereocenters. The molecule has 0 bridgehead atoms. The first-order valence-electron chi connectivity index (χ1n) is 8.86. The van der Waals surface area contributed by atoms with E-state index in [1.54, 1.807) is 16.2 Å². The van der Waals surface area contributed by atoms with Crippen LogP contribution in [0.5, 0.6) is 0 Å². The first kappa shape index (κ1) is 16.2. The third-order valence-electron chi connectivity index (χ3n) is 4.53. The molecule has 0 spiro atoms. The number of hydrogen-bond donors (Lipinski definition) is 2. The Balaban J connectivity index is 1.53. The predicted molar refractivity (Wildman–Crippen MR) is 102 cm³/mol. The van der Waals surface area contributed by atoms with Crippen molar-refractivity contribution >= 4 is 22.8 Å². The molecule has 10 nitrogen and oxygen atoms in total. The molecule has 10 heteroatoms. The second-order valence-corrected chi connectivity index (χ2v) is 6.68. The Morgan fingerprint density at radius 1 is 1.25 bits per heavy atom. The van der Waals surface area contributed by atoms with Crippen molar-refractivity contribution in [2.45, 2.75) is 18.9 Å². The molecule has 0 amide bonds. The maximum atomic E-state index is 9.35. The van der Waals surface area contributed by atoms with Crippen LogP contribution in [0.1, 0.15) is 18.5 Å². The average Bonchev–Trinajstić information content (AvgIpc) is 3.24. The summed E-state index contributed by atoms with van der Waals surface area (Å²) in [5, 5.41) is 32.2. The molecule has 1 fully saturated rings. The Hall–Kier alpha value is -4.00. The van der Waals surface area contributed by atoms with E-state index in [1.807, 2.05) is 30.3 Å². The number of aryl methyl sites for hydroxylation is 1. The van der Waals surface area contributed by atoms with Crippen LogP contribution in [0.3, 0.4) is 0 Å². The Morgan fingerprint density at radius 2 is 2.14 bits per heavy atom. The van der Waals surface area contributed by atoms with E-state index in [0.717, 1.165) is 29.8 Å². The molecule has 5 rings (SSSR count). The van der Waals surface area contributed by atoms with Crippen molar-refractivity contribution in [1.82, 2.24) is 34.8 Å². The number of anilines is 3. The minimum Gasteiger partial charge on any atom is -0.379 e. The molecule has 4 aromatic rings. The van der Waals surface area contributed by atoms with Crippen LogP contribution >= 0.6 is 0 Å². The van der Waals surface area contributed by atoms with Crippen LogP contribution in [0.4, 0.5) is 17.2 Å². The fourth-order valence-corrected chi connectivity index (χ4v) is 3.02. The van der Waals surface area contributed by atoms with Gasteiger partial charge in [0.2, 0.25) is 0 Å². The van der Waals surface area contributed by atoms with Gasteiger partial charge in [0.25, 0.3) is 0 Å². The molecule has 138 valence electrons. The van der Waals surface area contributed by atoms with E-state index in [0.29, 0.717) is 29.0 Å². The van der Waals surface area contributed by atoms with E-state index in [-0.39, 0.29) is 0 Å². The summed E-state index contributed by atoms with van der Waals surface area (Å²) in [5.41, 5.74) is 3.61. The fraction of sp³-hybridized carbons (Fsp3) is 0.222. The quantitative estimate of drug-likeness (QED) is 0.546. The number of rotatable bonds is 5. The van der Waals surface area contributed by atoms with Crippen molar-refractivity contribution in [1.29, 1.82) is 5.26 Å². The molecule has 1 saturated carbocycles. The molecule has 0 radical (unpaired) electrons. The second-order valence-electron chi connectivity index (χ2n) is 6.68. The minimum atomic E-state index is 0.386. The molecule has 0 atom stereocenters. The van der Waals surface area contributed by atoms with Gasteiger partial charge in [-0.05, 0) is 35.4 Å². The number of nitrogens with one attached hydrogen (secondary N) is 2. The summed E-state index contributed by atoms with van der Waals surface area (Å²) in [5.74, 6) is 1.28. The zero-order valence-electron chi connectivity index (χ0n) is 15.0. The Kier molecular flexibility index (Phi) is 3.65. The predicted octanol–water partition coefficient (Wildman–Crippen LogP) is 2.11. The van der Waals surface area contributed by atoms with Crippen molar-refractivity contribution in [3.63, 3.8) is 0 Å². The van der Waals surface area contributed by atoms with Gasteiger partial charge < -0.3 is 10.6 Å². The van der Waals surface area contributed by atoms with Gasteiger partial charge in [0.05, 0.1) is 11.9 Å². The fourth-order valence-electron chi connectivity index (χ4n) is 3.02. The van der Waals surface area contributed by atoms with Gasteiger partial charge in [-0.1, -0.05) is 12.1 Å². The summed E-state index contributed by atoms with van der Waals surface area (Å²) < 4.78 is 3.18. The van der Waals surface area contributed by atoms with E-state index in [1.165, 1.54) is 6.20 Å². The van der Waals surface area contributed by atoms with Crippen LogP contribution in [0.2, 0.25) is 0 Å². The smallest absolute Gasteiger partial charge is 0.181 e. The van der Waals surface area contributed by atoms with E-state index in [9.17, 15) is 5.26 Å². The normalized spacial score (nSPS) is 13.4. The van der Waals surface area contributed by atoms with Crippen LogP contribution in [-0.2, 0) is 7.05 Å². The Labute approximate surface area is 159 Å². The minimum absolute atomic E-state index is 0.386. The van der Waals surface area contributed by atoms with Crippen molar-refractivity contribution in [3.05, 3.63) is 42.2 Å². The molecule has 0 saturated heterocycles. The molecule has 1 aliphatic carbocycles. The highest BCUT2D eigenvalue weighted by Gasteiger charge is 2.23. The SMILES string of the molecule is Cn1nnnc1-c1cccc(Nc2cc(NC3CC3)c3ncc(C#N)n3n2)c1. The van der Waals surface area contributed by atoms with Gasteiger partial charge in [0, 0.05) is 30.4 Å². The molecular formula is C18H16N10. The molecule has 2 N–H and O–H groups in total. The maximum Gasteiger partial charge on any atom is 0.181 e. The number of benzene rings is 1. The monoisotopic (exact) mass is 372 g/mol. The topological polar surface area (TPSA) is 122 Å². The lowest BCUT2D eigenvalue weighted by atomic mass is 10.2. The molecule has 0 aliphatic heterocycles. The van der Waals surface area contributed by atoms with Crippen LogP contribution in [0.15, 0.2) is 36.5 Å². The second kappa shape index (κ2) is 6.31. The summed E-state index contributed by atoms with van der Waals surface area (Å²) in [4.78, 5) is 4.34. The van der Waals surface area contributed by atoms with E-state index in [2.05, 4.69) is 42.3 Å². The molecule has 1 aliphatic rings. The van der Waals surface area contributed by atoms with E-state index >= 15 is 0 Å². The standard InChI is InChI=1S/C18H16N10/c1-27-17(23-25-26-27)11-3-2-4-13(7-11)22-16-8-15(21-12-5-6-12)18-20-10-14(9-19)28(18)24-16/h2-4,7-8,10,12,21H,5-6H2,1H3,(H,22,24). The van der Waals surface area contributed by atoms with Crippen molar-refractivity contribution < 1.29 is 0 Å². The number of tetrazole rings is 1. The lowest BCUT2D eigenvalue weighted by Crippen LogP contribution is -2.07. The van der Waals surface area contributed by atoms with Crippen molar-refractivity contribution in [2.24, 2.45) is 7.05 Å². The number of nitriles is 1. The number of imidazole rings is 1. The first-order chi connectivity index (χ1) is 13.7. The van der Waals surface area contributed by atoms with Crippen LogP contribution < -0.4 is 10.6 Å². The molecule has 28 heavy (non-hydrogen) atoms. The van der Waals surface area contributed by atoms with Crippen LogP contribution in [0.25, 0.3) is 17.0 Å². The molecule has 1 aromatic carbocycles. The van der Waals surface area contributed by atoms with Gasteiger partial charge in [-0.3, -0.25) is 0 Å². The van der Waals surface area contributed by atoms with Gasteiger partial charge in [-0.15, -0.1) is 10.2 Å². The van der Waals surface area contributed by atoms with Gasteiger partial charge in [0.15, 0.2) is 23.0 Å². The van der Waals surface area contributed by atoms with Gasteiger partial charge in [-0.25, -0.2) is 9.67 Å². The maximum absolute atomic E-state index is 9.35. The number of nitrogens with zero attached hydrogens (tertiary/aromatic N) is 8. The van der Waals surface area contributed by atoms with E-state index < -0.39 is 0 Å². The number of hydrogen-bond acceptors (Lipinski definition) is 8. The number of fused-ring (bicyclic) bond motifs is 1. The zero-order valence-corrected chi connectivity index (χ0v) is 15.0. The molecule has 3 heterocycles. The summed E-state index contributed by atoms with van der Waals surface area (Å²) in [6.45, 7) is 0. The largest absolute Gasteiger partial charge is 0.379 e. The summed E-state index contributed by atoms with van der Waals surface area (Å²) in [6, 6.07) is 12.2. The van der Waals surface area contributed by atoms with E-state index in [4.69, 9.17) is 0 Å². The average molecular weight is 372 g/mol. The highest BCUT2D eigenvalue weighted by atomic mass is 15.5. The van der Waals surface area contributed by atoms with Gasteiger partial charge >= 0.3 is 0 Å². The third-order valence-corrected chi connectivity index (χ3v) is 4.53. The summed E-state index contributed by atoms with van der Waals surface area (Å²) in [6.07, 6.45) is 3.81. The Morgan fingerprint density at radius 3 is 2.89 bits per heavy atom. The first-order valence-corrected chi connectivity index (χ1v) is 8.86. The lowest BCUT2D eigenvalue weighted by molar-refractivity contribution is 0.715. The molecular weight excluding hydrogens is 356 g/mol. The van der Waals surface area contributed by atoms with Gasteiger partial charge in [0.1, 0.15) is 6.07 Å². The van der Waals surface area contributed by atoms with Crippen molar-refractivity contribution in [2.75, 3.05) is 10.6 Å². The van der Waals surface area contributed by atoms with Crippen LogP contribution in [0, 0.1) is 11.3 Å². The number of aromatic nitrogens is 7. The third kappa shape index (κ3) is 2.88. The highest BCUT2D eigenvalue weighted by molar-refractivity contribution is 5.74. The lowest BCUT2D eigenvalue weighted by Gasteiger charge is -2.11. The Bertz CT molecular complexity index is 1210. The van der Waals surface area contributed by atoms with Gasteiger partial charge in [-0.2, -0.15) is 9.78 Å². The highest BCUT2D eigenvalue weighted by Crippen LogP contribution is 2.29. The summed E-state index contributed by atoms with van der Waals surface area (Å²) >= 11 is 0. The van der Waals surface area contributed by atoms with Crippen molar-refractivity contribution in [3.8, 4) is 17.5 Å². The zero-order chi connectivity index (χ0) is 19.1. The molecule has 3 aromatic heterocycles. The summed E-state index contributed by atoms with van der Waals surface area (Å²) in [7, 11) is 1.79.